The molecule has 1 aromatic carbocycles. The van der Waals surface area contributed by atoms with Crippen LogP contribution in [0.15, 0.2) is 23.2 Å². The van der Waals surface area contributed by atoms with Crippen LogP contribution in [0.25, 0.3) is 0 Å². The second-order valence-electron chi connectivity index (χ2n) is 5.62. The van der Waals surface area contributed by atoms with E-state index >= 15 is 0 Å². The van der Waals surface area contributed by atoms with Crippen molar-refractivity contribution in [3.05, 3.63) is 28.8 Å². The van der Waals surface area contributed by atoms with Crippen LogP contribution in [0.1, 0.15) is 18.4 Å². The lowest BCUT2D eigenvalue weighted by Gasteiger charge is -2.30. The molecule has 0 aromatic heterocycles. The van der Waals surface area contributed by atoms with E-state index in [1.54, 1.807) is 0 Å². The Morgan fingerprint density at radius 1 is 1.29 bits per heavy atom. The van der Waals surface area contributed by atoms with Crippen LogP contribution in [0.5, 0.6) is 0 Å². The number of likely N-dealkylation sites (tertiary alicyclic amines) is 1. The van der Waals surface area contributed by atoms with Crippen molar-refractivity contribution in [1.29, 1.82) is 0 Å². The van der Waals surface area contributed by atoms with E-state index in [0.29, 0.717) is 6.04 Å². The topological polar surface area (TPSA) is 18.8 Å². The molecular weight excluding hydrogens is 322 g/mol. The first-order chi connectivity index (χ1) is 10.2. The molecule has 3 heterocycles. The highest BCUT2D eigenvalue weighted by Crippen LogP contribution is 2.35. The molecule has 3 aliphatic heterocycles. The van der Waals surface area contributed by atoms with Gasteiger partial charge in [-0.1, -0.05) is 23.8 Å². The number of amidine groups is 1. The van der Waals surface area contributed by atoms with Crippen LogP contribution in [0.2, 0.25) is 5.02 Å². The minimum atomic E-state index is 0.312. The summed E-state index contributed by atoms with van der Waals surface area (Å²) in [7, 11) is 0. The summed E-state index contributed by atoms with van der Waals surface area (Å²) >= 11 is 13.8. The van der Waals surface area contributed by atoms with Crippen molar-refractivity contribution in [2.75, 3.05) is 24.7 Å². The zero-order valence-corrected chi connectivity index (χ0v) is 14.0. The number of halogens is 1. The van der Waals surface area contributed by atoms with Gasteiger partial charge >= 0.3 is 0 Å². The van der Waals surface area contributed by atoms with E-state index in [4.69, 9.17) is 28.8 Å². The van der Waals surface area contributed by atoms with Gasteiger partial charge in [-0.05, 0) is 31.0 Å². The van der Waals surface area contributed by atoms with Gasteiger partial charge in [0.05, 0.1) is 17.6 Å². The molecule has 3 nitrogen and oxygen atoms in total. The molecule has 0 N–H and O–H groups in total. The molecule has 1 unspecified atom stereocenters. The third kappa shape index (κ3) is 2.35. The molecule has 0 bridgehead atoms. The molecule has 3 aliphatic rings. The fourth-order valence-corrected chi connectivity index (χ4v) is 4.99. The van der Waals surface area contributed by atoms with Gasteiger partial charge in [0.25, 0.3) is 0 Å². The second kappa shape index (κ2) is 5.45. The SMILES string of the molecule is S=C1c2cc(Cl)ccc2N=C(N2CCCC2)C2CSCN12. The number of aliphatic imine (C=N–C) groups is 1. The van der Waals surface area contributed by atoms with Crippen molar-refractivity contribution in [1.82, 2.24) is 9.80 Å². The van der Waals surface area contributed by atoms with Gasteiger partial charge in [-0.15, -0.1) is 11.8 Å². The van der Waals surface area contributed by atoms with E-state index in [1.165, 1.54) is 18.7 Å². The third-order valence-electron chi connectivity index (χ3n) is 4.30. The number of hydrogen-bond acceptors (Lipinski definition) is 4. The molecule has 0 saturated carbocycles. The summed E-state index contributed by atoms with van der Waals surface area (Å²) in [6.45, 7) is 2.23. The first kappa shape index (κ1) is 13.9. The standard InChI is InChI=1S/C15H16ClN3S2/c16-10-3-4-12-11(7-10)15(20)19-9-21-8-13(19)14(17-12)18-5-1-2-6-18/h3-4,7,13H,1-2,5-6,8-9H2. The molecule has 1 atom stereocenters. The van der Waals surface area contributed by atoms with E-state index in [9.17, 15) is 0 Å². The first-order valence-electron chi connectivity index (χ1n) is 7.26. The maximum atomic E-state index is 6.16. The van der Waals surface area contributed by atoms with Crippen LogP contribution in [-0.2, 0) is 0 Å². The van der Waals surface area contributed by atoms with Crippen molar-refractivity contribution in [3.8, 4) is 0 Å². The minimum Gasteiger partial charge on any atom is -0.358 e. The monoisotopic (exact) mass is 337 g/mol. The van der Waals surface area contributed by atoms with E-state index < -0.39 is 0 Å². The van der Waals surface area contributed by atoms with E-state index in [-0.39, 0.29) is 0 Å². The molecule has 21 heavy (non-hydrogen) atoms. The summed E-state index contributed by atoms with van der Waals surface area (Å²) in [4.78, 5) is 10.6. The van der Waals surface area contributed by atoms with Gasteiger partial charge in [-0.25, -0.2) is 4.99 Å². The number of thiocarbonyl (C=S) groups is 1. The van der Waals surface area contributed by atoms with Gasteiger partial charge in [0.2, 0.25) is 0 Å². The molecule has 0 amide bonds. The summed E-state index contributed by atoms with van der Waals surface area (Å²) in [6, 6.07) is 6.16. The molecular formula is C15H16ClN3S2. The normalized spacial score (nSPS) is 24.7. The van der Waals surface area contributed by atoms with E-state index in [2.05, 4.69) is 9.80 Å². The Morgan fingerprint density at radius 2 is 2.10 bits per heavy atom. The molecule has 2 fully saturated rings. The lowest BCUT2D eigenvalue weighted by atomic mass is 10.1. The fraction of sp³-hybridized carbons (Fsp3) is 0.467. The number of fused-ring (bicyclic) bond motifs is 2. The summed E-state index contributed by atoms with van der Waals surface area (Å²) < 4.78 is 0. The molecule has 4 rings (SSSR count). The Morgan fingerprint density at radius 3 is 2.90 bits per heavy atom. The average Bonchev–Trinajstić information content (AvgIpc) is 3.15. The van der Waals surface area contributed by atoms with Gasteiger partial charge in [-0.3, -0.25) is 0 Å². The van der Waals surface area contributed by atoms with Gasteiger partial charge < -0.3 is 9.80 Å². The number of thioether (sulfide) groups is 1. The van der Waals surface area contributed by atoms with Crippen LogP contribution in [-0.4, -0.2) is 51.4 Å². The molecule has 0 spiro atoms. The Kier molecular flexibility index (Phi) is 3.59. The summed E-state index contributed by atoms with van der Waals surface area (Å²) in [5, 5.41) is 0.722. The van der Waals surface area contributed by atoms with Crippen LogP contribution >= 0.6 is 35.6 Å². The van der Waals surface area contributed by atoms with E-state index in [0.717, 1.165) is 46.0 Å². The Bertz CT molecular complexity index is 625. The third-order valence-corrected chi connectivity index (χ3v) is 6.00. The Hall–Kier alpha value is -0.780. The molecule has 1 aromatic rings. The predicted molar refractivity (Wildman–Crippen MR) is 94.0 cm³/mol. The van der Waals surface area contributed by atoms with Gasteiger partial charge in [-0.2, -0.15) is 0 Å². The van der Waals surface area contributed by atoms with Crippen LogP contribution in [0.4, 0.5) is 5.69 Å². The Labute approximate surface area is 139 Å². The molecule has 6 heteroatoms. The number of benzene rings is 1. The van der Waals surface area contributed by atoms with Gasteiger partial charge in [0.15, 0.2) is 0 Å². The predicted octanol–water partition coefficient (Wildman–Crippen LogP) is 3.53. The van der Waals surface area contributed by atoms with Gasteiger partial charge in [0, 0.05) is 29.4 Å². The largest absolute Gasteiger partial charge is 0.358 e. The highest BCUT2D eigenvalue weighted by Gasteiger charge is 2.37. The lowest BCUT2D eigenvalue weighted by Crippen LogP contribution is -2.46. The highest BCUT2D eigenvalue weighted by atomic mass is 35.5. The summed E-state index contributed by atoms with van der Waals surface area (Å²) in [5.41, 5.74) is 1.96. The van der Waals surface area contributed by atoms with Crippen molar-refractivity contribution < 1.29 is 0 Å². The zero-order chi connectivity index (χ0) is 14.4. The first-order valence-corrected chi connectivity index (χ1v) is 9.20. The molecule has 0 radical (unpaired) electrons. The van der Waals surface area contributed by atoms with Crippen molar-refractivity contribution in [3.63, 3.8) is 0 Å². The smallest absolute Gasteiger partial charge is 0.129 e. The average molecular weight is 338 g/mol. The summed E-state index contributed by atoms with van der Waals surface area (Å²) in [6.07, 6.45) is 2.52. The molecule has 0 aliphatic carbocycles. The van der Waals surface area contributed by atoms with Gasteiger partial charge in [0.1, 0.15) is 10.8 Å². The van der Waals surface area contributed by atoms with Crippen molar-refractivity contribution in [2.45, 2.75) is 18.9 Å². The quantitative estimate of drug-likeness (QED) is 0.674. The minimum absolute atomic E-state index is 0.312. The van der Waals surface area contributed by atoms with E-state index in [1.807, 2.05) is 30.0 Å². The fourth-order valence-electron chi connectivity index (χ4n) is 3.21. The maximum absolute atomic E-state index is 6.16. The van der Waals surface area contributed by atoms with Crippen LogP contribution in [0, 0.1) is 0 Å². The number of nitrogens with zero attached hydrogens (tertiary/aromatic N) is 3. The highest BCUT2D eigenvalue weighted by molar-refractivity contribution is 7.99. The maximum Gasteiger partial charge on any atom is 0.129 e. The van der Waals surface area contributed by atoms with Crippen molar-refractivity contribution >= 4 is 52.1 Å². The molecule has 2 saturated heterocycles. The second-order valence-corrected chi connectivity index (χ2v) is 7.44. The number of rotatable bonds is 0. The lowest BCUT2D eigenvalue weighted by molar-refractivity contribution is 0.427. The summed E-state index contributed by atoms with van der Waals surface area (Å²) in [5.74, 6) is 3.21. The van der Waals surface area contributed by atoms with Crippen LogP contribution in [0.3, 0.4) is 0 Å². The van der Waals surface area contributed by atoms with Crippen molar-refractivity contribution in [2.24, 2.45) is 4.99 Å². The molecule has 110 valence electrons. The number of hydrogen-bond donors (Lipinski definition) is 0. The van der Waals surface area contributed by atoms with Crippen LogP contribution < -0.4 is 0 Å². The zero-order valence-electron chi connectivity index (χ0n) is 11.6. The Balaban J connectivity index is 1.84.